The largest absolute Gasteiger partial charge is 0.506 e. The van der Waals surface area contributed by atoms with Crippen LogP contribution in [0.25, 0.3) is 6.08 Å². The SMILES string of the molecule is CC(=Cc1ccc(O)c(Cl)c1)CO. The molecule has 0 aliphatic rings. The maximum atomic E-state index is 9.13. The first-order valence-electron chi connectivity index (χ1n) is 3.90. The van der Waals surface area contributed by atoms with E-state index < -0.39 is 0 Å². The van der Waals surface area contributed by atoms with E-state index in [1.807, 2.05) is 13.0 Å². The van der Waals surface area contributed by atoms with Gasteiger partial charge in [0.2, 0.25) is 0 Å². The minimum absolute atomic E-state index is 0.0263. The molecule has 70 valence electrons. The van der Waals surface area contributed by atoms with Crippen molar-refractivity contribution in [2.45, 2.75) is 6.92 Å². The molecule has 3 heteroatoms. The summed E-state index contributed by atoms with van der Waals surface area (Å²) in [6.45, 7) is 1.85. The predicted molar refractivity (Wildman–Crippen MR) is 53.9 cm³/mol. The summed E-state index contributed by atoms with van der Waals surface area (Å²) in [6, 6.07) is 4.91. The van der Waals surface area contributed by atoms with Gasteiger partial charge in [-0.15, -0.1) is 0 Å². The van der Waals surface area contributed by atoms with Crippen LogP contribution >= 0.6 is 11.6 Å². The van der Waals surface area contributed by atoms with Crippen molar-refractivity contribution in [1.29, 1.82) is 0 Å². The quantitative estimate of drug-likeness (QED) is 0.767. The summed E-state index contributed by atoms with van der Waals surface area (Å²) < 4.78 is 0. The normalized spacial score (nSPS) is 11.8. The highest BCUT2D eigenvalue weighted by atomic mass is 35.5. The van der Waals surface area contributed by atoms with Crippen molar-refractivity contribution in [2.24, 2.45) is 0 Å². The summed E-state index contributed by atoms with van der Waals surface area (Å²) in [5.41, 5.74) is 1.72. The number of hydrogen-bond donors (Lipinski definition) is 2. The van der Waals surface area contributed by atoms with Crippen LogP contribution in [0.5, 0.6) is 5.75 Å². The zero-order chi connectivity index (χ0) is 9.84. The fourth-order valence-corrected chi connectivity index (χ4v) is 1.13. The van der Waals surface area contributed by atoms with Crippen LogP contribution in [0.1, 0.15) is 12.5 Å². The predicted octanol–water partition coefficient (Wildman–Crippen LogP) is 2.44. The van der Waals surface area contributed by atoms with Crippen molar-refractivity contribution < 1.29 is 10.2 Å². The van der Waals surface area contributed by atoms with Crippen molar-refractivity contribution in [3.8, 4) is 5.75 Å². The van der Waals surface area contributed by atoms with Crippen LogP contribution < -0.4 is 0 Å². The molecule has 0 amide bonds. The Labute approximate surface area is 82.1 Å². The summed E-state index contributed by atoms with van der Waals surface area (Å²) in [5.74, 6) is 0.0699. The molecular formula is C10H11ClO2. The summed E-state index contributed by atoms with van der Waals surface area (Å²) in [4.78, 5) is 0. The van der Waals surface area contributed by atoms with E-state index in [0.717, 1.165) is 11.1 Å². The molecule has 0 heterocycles. The Kier molecular flexibility index (Phi) is 3.34. The number of halogens is 1. The lowest BCUT2D eigenvalue weighted by Gasteiger charge is -1.99. The van der Waals surface area contributed by atoms with Crippen LogP contribution in [-0.4, -0.2) is 16.8 Å². The topological polar surface area (TPSA) is 40.5 Å². The Morgan fingerprint density at radius 3 is 2.77 bits per heavy atom. The number of rotatable bonds is 2. The highest BCUT2D eigenvalue weighted by Gasteiger charge is 1.97. The van der Waals surface area contributed by atoms with Gasteiger partial charge >= 0.3 is 0 Å². The van der Waals surface area contributed by atoms with Crippen LogP contribution in [-0.2, 0) is 0 Å². The third-order valence-corrected chi connectivity index (χ3v) is 1.94. The Balaban J connectivity index is 2.98. The summed E-state index contributed by atoms with van der Waals surface area (Å²) in [6.07, 6.45) is 1.81. The zero-order valence-electron chi connectivity index (χ0n) is 7.29. The molecule has 0 saturated carbocycles. The molecule has 1 aromatic rings. The molecule has 0 fully saturated rings. The molecule has 0 atom stereocenters. The standard InChI is InChI=1S/C10H11ClO2/c1-7(6-12)4-8-2-3-10(13)9(11)5-8/h2-5,12-13H,6H2,1H3. The zero-order valence-corrected chi connectivity index (χ0v) is 8.04. The van der Waals surface area contributed by atoms with E-state index in [2.05, 4.69) is 0 Å². The maximum Gasteiger partial charge on any atom is 0.134 e. The number of phenolic OH excluding ortho intramolecular Hbond substituents is 1. The number of benzene rings is 1. The average Bonchev–Trinajstić information content (AvgIpc) is 2.11. The van der Waals surface area contributed by atoms with E-state index in [1.54, 1.807) is 12.1 Å². The van der Waals surface area contributed by atoms with Crippen molar-refractivity contribution in [3.05, 3.63) is 34.4 Å². The highest BCUT2D eigenvalue weighted by Crippen LogP contribution is 2.24. The first-order chi connectivity index (χ1) is 6.13. The van der Waals surface area contributed by atoms with Crippen molar-refractivity contribution in [1.82, 2.24) is 0 Å². The van der Waals surface area contributed by atoms with Gasteiger partial charge < -0.3 is 10.2 Å². The fourth-order valence-electron chi connectivity index (χ4n) is 0.943. The minimum Gasteiger partial charge on any atom is -0.506 e. The van der Waals surface area contributed by atoms with Gasteiger partial charge in [-0.2, -0.15) is 0 Å². The third kappa shape index (κ3) is 2.76. The van der Waals surface area contributed by atoms with Gasteiger partial charge in [0, 0.05) is 0 Å². The lowest BCUT2D eigenvalue weighted by atomic mass is 10.1. The first-order valence-corrected chi connectivity index (χ1v) is 4.28. The molecule has 0 unspecified atom stereocenters. The second kappa shape index (κ2) is 4.30. The molecule has 0 aliphatic carbocycles. The summed E-state index contributed by atoms with van der Waals surface area (Å²) in [7, 11) is 0. The molecular weight excluding hydrogens is 188 g/mol. The van der Waals surface area contributed by atoms with E-state index >= 15 is 0 Å². The molecule has 0 aliphatic heterocycles. The highest BCUT2D eigenvalue weighted by molar-refractivity contribution is 6.32. The van der Waals surface area contributed by atoms with Gasteiger partial charge in [-0.05, 0) is 30.2 Å². The molecule has 1 rings (SSSR count). The lowest BCUT2D eigenvalue weighted by Crippen LogP contribution is -1.83. The number of hydrogen-bond acceptors (Lipinski definition) is 2. The van der Waals surface area contributed by atoms with Gasteiger partial charge in [0.25, 0.3) is 0 Å². The van der Waals surface area contributed by atoms with Crippen LogP contribution in [0.3, 0.4) is 0 Å². The molecule has 0 bridgehead atoms. The van der Waals surface area contributed by atoms with E-state index in [9.17, 15) is 0 Å². The maximum absolute atomic E-state index is 9.13. The second-order valence-electron chi connectivity index (χ2n) is 2.86. The van der Waals surface area contributed by atoms with Gasteiger partial charge in [-0.1, -0.05) is 23.7 Å². The van der Waals surface area contributed by atoms with Crippen LogP contribution in [0, 0.1) is 0 Å². The van der Waals surface area contributed by atoms with Crippen LogP contribution in [0.15, 0.2) is 23.8 Å². The molecule has 1 aromatic carbocycles. The number of aliphatic hydroxyl groups excluding tert-OH is 1. The molecule has 0 saturated heterocycles. The van der Waals surface area contributed by atoms with Crippen LogP contribution in [0.2, 0.25) is 5.02 Å². The van der Waals surface area contributed by atoms with Gasteiger partial charge in [0.1, 0.15) is 5.75 Å². The molecule has 2 nitrogen and oxygen atoms in total. The van der Waals surface area contributed by atoms with Gasteiger partial charge in [-0.3, -0.25) is 0 Å². The minimum atomic E-state index is 0.0263. The van der Waals surface area contributed by atoms with Crippen molar-refractivity contribution in [2.75, 3.05) is 6.61 Å². The van der Waals surface area contributed by atoms with E-state index in [1.165, 1.54) is 6.07 Å². The lowest BCUT2D eigenvalue weighted by molar-refractivity contribution is 0.332. The molecule has 0 radical (unpaired) electrons. The Bertz CT molecular complexity index is 332. The van der Waals surface area contributed by atoms with E-state index in [0.29, 0.717) is 5.02 Å². The van der Waals surface area contributed by atoms with Crippen LogP contribution in [0.4, 0.5) is 0 Å². The number of aliphatic hydroxyl groups is 1. The van der Waals surface area contributed by atoms with Crippen molar-refractivity contribution in [3.63, 3.8) is 0 Å². The summed E-state index contributed by atoms with van der Waals surface area (Å²) >= 11 is 5.70. The Hall–Kier alpha value is -0.990. The summed E-state index contributed by atoms with van der Waals surface area (Å²) in [5, 5.41) is 18.2. The second-order valence-corrected chi connectivity index (χ2v) is 3.27. The average molecular weight is 199 g/mol. The van der Waals surface area contributed by atoms with Gasteiger partial charge in [0.05, 0.1) is 11.6 Å². The monoisotopic (exact) mass is 198 g/mol. The first kappa shape index (κ1) is 10.1. The number of aromatic hydroxyl groups is 1. The van der Waals surface area contributed by atoms with E-state index in [4.69, 9.17) is 21.8 Å². The smallest absolute Gasteiger partial charge is 0.134 e. The Morgan fingerprint density at radius 1 is 1.54 bits per heavy atom. The molecule has 0 aromatic heterocycles. The fraction of sp³-hybridized carbons (Fsp3) is 0.200. The van der Waals surface area contributed by atoms with Gasteiger partial charge in [0.15, 0.2) is 0 Å². The number of phenols is 1. The molecule has 13 heavy (non-hydrogen) atoms. The molecule has 0 spiro atoms. The Morgan fingerprint density at radius 2 is 2.23 bits per heavy atom. The molecule has 2 N–H and O–H groups in total. The van der Waals surface area contributed by atoms with E-state index in [-0.39, 0.29) is 12.4 Å². The third-order valence-electron chi connectivity index (χ3n) is 1.63. The van der Waals surface area contributed by atoms with Gasteiger partial charge in [-0.25, -0.2) is 0 Å². The van der Waals surface area contributed by atoms with Crippen molar-refractivity contribution >= 4 is 17.7 Å².